The zero-order valence-electron chi connectivity index (χ0n) is 16.1. The molecule has 3 aliphatic rings. The second-order valence-electron chi connectivity index (χ2n) is 6.97. The van der Waals surface area contributed by atoms with Crippen molar-refractivity contribution in [2.24, 2.45) is 4.99 Å². The highest BCUT2D eigenvalue weighted by molar-refractivity contribution is 7.99. The van der Waals surface area contributed by atoms with Crippen molar-refractivity contribution < 1.29 is 17.9 Å². The number of morpholine rings is 1. The Labute approximate surface area is 167 Å². The van der Waals surface area contributed by atoms with Crippen molar-refractivity contribution in [3.05, 3.63) is 0 Å². The first-order valence-corrected chi connectivity index (χ1v) is 12.7. The van der Waals surface area contributed by atoms with Crippen LogP contribution in [0.2, 0.25) is 0 Å². The summed E-state index contributed by atoms with van der Waals surface area (Å²) < 4.78 is 38.3. The number of hydrogen-bond donors (Lipinski definition) is 1. The zero-order chi connectivity index (χ0) is 19.1. The average Bonchev–Trinajstić information content (AvgIpc) is 3.23. The van der Waals surface area contributed by atoms with E-state index in [4.69, 9.17) is 9.47 Å². The standard InChI is InChI=1S/C17H32N4O4S2/c1-2-18-17(19-5-13-27(22,23)21-7-11-26-12-8-21)20-6-10-25-16(14-20)15-4-3-9-24-15/h15-16H,2-14H2,1H3,(H,18,19). The van der Waals surface area contributed by atoms with Crippen molar-refractivity contribution in [3.63, 3.8) is 0 Å². The summed E-state index contributed by atoms with van der Waals surface area (Å²) in [5, 5.41) is 3.30. The third-order valence-corrected chi connectivity index (χ3v) is 7.87. The summed E-state index contributed by atoms with van der Waals surface area (Å²) in [6.45, 7) is 7.21. The second kappa shape index (κ2) is 10.3. The van der Waals surface area contributed by atoms with Gasteiger partial charge in [-0.3, -0.25) is 4.99 Å². The van der Waals surface area contributed by atoms with E-state index in [-0.39, 0.29) is 24.5 Å². The lowest BCUT2D eigenvalue weighted by Crippen LogP contribution is -2.53. The summed E-state index contributed by atoms with van der Waals surface area (Å²) in [4.78, 5) is 6.77. The predicted molar refractivity (Wildman–Crippen MR) is 109 cm³/mol. The molecule has 0 radical (unpaired) electrons. The predicted octanol–water partition coefficient (Wildman–Crippen LogP) is 0.210. The van der Waals surface area contributed by atoms with E-state index in [9.17, 15) is 8.42 Å². The Bertz CT molecular complexity index is 590. The smallest absolute Gasteiger partial charge is 0.215 e. The van der Waals surface area contributed by atoms with Gasteiger partial charge >= 0.3 is 0 Å². The molecule has 0 amide bonds. The number of sulfonamides is 1. The van der Waals surface area contributed by atoms with E-state index >= 15 is 0 Å². The van der Waals surface area contributed by atoms with Crippen LogP contribution in [0.3, 0.4) is 0 Å². The van der Waals surface area contributed by atoms with Crippen LogP contribution in [0.25, 0.3) is 0 Å². The molecular formula is C17H32N4O4S2. The first-order valence-electron chi connectivity index (χ1n) is 9.92. The van der Waals surface area contributed by atoms with E-state index in [1.165, 1.54) is 0 Å². The second-order valence-corrected chi connectivity index (χ2v) is 10.3. The number of ether oxygens (including phenoxy) is 2. The molecule has 3 aliphatic heterocycles. The molecule has 156 valence electrons. The average molecular weight is 421 g/mol. The minimum atomic E-state index is -3.23. The lowest BCUT2D eigenvalue weighted by molar-refractivity contribution is -0.0816. The van der Waals surface area contributed by atoms with Crippen LogP contribution in [-0.2, 0) is 19.5 Å². The summed E-state index contributed by atoms with van der Waals surface area (Å²) in [5.41, 5.74) is 0. The molecule has 3 saturated heterocycles. The van der Waals surface area contributed by atoms with Gasteiger partial charge < -0.3 is 19.7 Å². The van der Waals surface area contributed by atoms with Crippen LogP contribution < -0.4 is 5.32 Å². The van der Waals surface area contributed by atoms with Gasteiger partial charge in [-0.05, 0) is 19.8 Å². The Balaban J connectivity index is 1.56. The van der Waals surface area contributed by atoms with E-state index in [0.29, 0.717) is 19.7 Å². The zero-order valence-corrected chi connectivity index (χ0v) is 17.8. The highest BCUT2D eigenvalue weighted by Gasteiger charge is 2.32. The molecule has 0 aromatic rings. The van der Waals surface area contributed by atoms with E-state index in [1.54, 1.807) is 16.1 Å². The molecular weight excluding hydrogens is 388 g/mol. The minimum absolute atomic E-state index is 0.0553. The van der Waals surface area contributed by atoms with Gasteiger partial charge in [0.05, 0.1) is 25.0 Å². The number of nitrogens with one attached hydrogen (secondary N) is 1. The SMILES string of the molecule is CCNC(=NCCS(=O)(=O)N1CCSCC1)N1CCOC(C2CCCO2)C1. The first-order chi connectivity index (χ1) is 13.1. The Kier molecular flexibility index (Phi) is 8.07. The number of rotatable bonds is 6. The fourth-order valence-electron chi connectivity index (χ4n) is 3.64. The molecule has 0 aliphatic carbocycles. The van der Waals surface area contributed by atoms with Gasteiger partial charge in [-0.1, -0.05) is 0 Å². The summed E-state index contributed by atoms with van der Waals surface area (Å²) in [6, 6.07) is 0. The Hall–Kier alpha value is -0.550. The maximum atomic E-state index is 12.5. The number of aliphatic imine (C=N–C) groups is 1. The van der Waals surface area contributed by atoms with Crippen LogP contribution in [-0.4, -0.2) is 106 Å². The lowest BCUT2D eigenvalue weighted by atomic mass is 10.1. The van der Waals surface area contributed by atoms with E-state index in [1.807, 2.05) is 6.92 Å². The molecule has 0 aromatic heterocycles. The van der Waals surface area contributed by atoms with Gasteiger partial charge in [0.15, 0.2) is 5.96 Å². The molecule has 0 bridgehead atoms. The molecule has 3 rings (SSSR count). The summed E-state index contributed by atoms with van der Waals surface area (Å²) in [6.07, 6.45) is 2.34. The van der Waals surface area contributed by atoms with Gasteiger partial charge in [0.1, 0.15) is 6.10 Å². The van der Waals surface area contributed by atoms with Crippen molar-refractivity contribution in [1.29, 1.82) is 0 Å². The maximum Gasteiger partial charge on any atom is 0.215 e. The van der Waals surface area contributed by atoms with Crippen LogP contribution >= 0.6 is 11.8 Å². The number of nitrogens with zero attached hydrogens (tertiary/aromatic N) is 3. The molecule has 0 aromatic carbocycles. The molecule has 1 N–H and O–H groups in total. The Morgan fingerprint density at radius 3 is 2.67 bits per heavy atom. The molecule has 2 unspecified atom stereocenters. The highest BCUT2D eigenvalue weighted by Crippen LogP contribution is 2.21. The number of guanidine groups is 1. The Morgan fingerprint density at radius 1 is 1.19 bits per heavy atom. The van der Waals surface area contributed by atoms with Crippen molar-refractivity contribution in [2.75, 3.05) is 69.7 Å². The van der Waals surface area contributed by atoms with Crippen molar-refractivity contribution in [1.82, 2.24) is 14.5 Å². The van der Waals surface area contributed by atoms with Crippen LogP contribution in [0, 0.1) is 0 Å². The molecule has 0 spiro atoms. The maximum absolute atomic E-state index is 12.5. The van der Waals surface area contributed by atoms with Gasteiger partial charge in [0, 0.05) is 50.8 Å². The van der Waals surface area contributed by atoms with Gasteiger partial charge in [-0.25, -0.2) is 12.7 Å². The first kappa shape index (κ1) is 21.2. The third-order valence-electron chi connectivity index (χ3n) is 5.08. The fourth-order valence-corrected chi connectivity index (χ4v) is 6.09. The van der Waals surface area contributed by atoms with Crippen LogP contribution in [0.1, 0.15) is 19.8 Å². The highest BCUT2D eigenvalue weighted by atomic mass is 32.2. The number of hydrogen-bond acceptors (Lipinski definition) is 6. The summed E-state index contributed by atoms with van der Waals surface area (Å²) in [5.74, 6) is 2.59. The normalized spacial score (nSPS) is 28.5. The monoisotopic (exact) mass is 420 g/mol. The summed E-state index contributed by atoms with van der Waals surface area (Å²) in [7, 11) is -3.23. The van der Waals surface area contributed by atoms with E-state index in [2.05, 4.69) is 15.2 Å². The molecule has 27 heavy (non-hydrogen) atoms. The fraction of sp³-hybridized carbons (Fsp3) is 0.941. The molecule has 0 saturated carbocycles. The molecule has 3 heterocycles. The molecule has 3 fully saturated rings. The van der Waals surface area contributed by atoms with Gasteiger partial charge in [0.25, 0.3) is 0 Å². The van der Waals surface area contributed by atoms with E-state index in [0.717, 1.165) is 56.5 Å². The topological polar surface area (TPSA) is 83.5 Å². The Morgan fingerprint density at radius 2 is 1.96 bits per heavy atom. The van der Waals surface area contributed by atoms with Gasteiger partial charge in [0.2, 0.25) is 10.0 Å². The largest absolute Gasteiger partial charge is 0.375 e. The van der Waals surface area contributed by atoms with Gasteiger partial charge in [-0.15, -0.1) is 0 Å². The quantitative estimate of drug-likeness (QED) is 0.486. The lowest BCUT2D eigenvalue weighted by Gasteiger charge is -2.37. The van der Waals surface area contributed by atoms with Crippen LogP contribution in [0.5, 0.6) is 0 Å². The molecule has 10 heteroatoms. The molecule has 8 nitrogen and oxygen atoms in total. The number of thioether (sulfide) groups is 1. The third kappa shape index (κ3) is 5.96. The van der Waals surface area contributed by atoms with Crippen molar-refractivity contribution >= 4 is 27.7 Å². The van der Waals surface area contributed by atoms with Crippen LogP contribution in [0.15, 0.2) is 4.99 Å². The minimum Gasteiger partial charge on any atom is -0.375 e. The molecule has 2 atom stereocenters. The van der Waals surface area contributed by atoms with Crippen molar-refractivity contribution in [2.45, 2.75) is 32.0 Å². The van der Waals surface area contributed by atoms with E-state index < -0.39 is 10.0 Å². The summed E-state index contributed by atoms with van der Waals surface area (Å²) >= 11 is 1.81. The van der Waals surface area contributed by atoms with Crippen LogP contribution in [0.4, 0.5) is 0 Å². The van der Waals surface area contributed by atoms with Crippen molar-refractivity contribution in [3.8, 4) is 0 Å². The van der Waals surface area contributed by atoms with Gasteiger partial charge in [-0.2, -0.15) is 11.8 Å².